The molecule has 2 saturated heterocycles. The molecule has 0 aromatic carbocycles. The number of carbonyl (C=O) groups is 1. The number of likely N-dealkylation sites (tertiary alicyclic amines) is 1. The van der Waals surface area contributed by atoms with Gasteiger partial charge in [0, 0.05) is 31.7 Å². The Labute approximate surface area is 141 Å². The van der Waals surface area contributed by atoms with Crippen molar-refractivity contribution in [2.24, 2.45) is 11.3 Å². The van der Waals surface area contributed by atoms with E-state index in [0.29, 0.717) is 0 Å². The van der Waals surface area contributed by atoms with Crippen LogP contribution in [0.5, 0.6) is 0 Å². The van der Waals surface area contributed by atoms with Crippen LogP contribution in [0.25, 0.3) is 0 Å². The Bertz CT molecular complexity index is 542. The maximum atomic E-state index is 12.7. The van der Waals surface area contributed by atoms with Gasteiger partial charge in [0.2, 0.25) is 0 Å². The molecule has 1 aromatic rings. The molecule has 4 rings (SSSR count). The van der Waals surface area contributed by atoms with Crippen LogP contribution in [0.2, 0.25) is 0 Å². The summed E-state index contributed by atoms with van der Waals surface area (Å²) in [5.41, 5.74) is -0.00168. The summed E-state index contributed by atoms with van der Waals surface area (Å²) in [6.45, 7) is 4.05. The number of ether oxygens (including phenoxy) is 2. The minimum absolute atomic E-state index is 0.00168. The number of piperidine rings is 1. The molecule has 126 valence electrons. The van der Waals surface area contributed by atoms with Crippen LogP contribution in [-0.4, -0.2) is 49.8 Å². The third kappa shape index (κ3) is 3.32. The summed E-state index contributed by atoms with van der Waals surface area (Å²) in [6.07, 6.45) is 6.00. The summed E-state index contributed by atoms with van der Waals surface area (Å²) in [6, 6.07) is 3.87. The number of hydrogen-bond acceptors (Lipinski definition) is 4. The van der Waals surface area contributed by atoms with E-state index in [1.54, 1.807) is 0 Å². The fourth-order valence-corrected chi connectivity index (χ4v) is 4.63. The van der Waals surface area contributed by atoms with Crippen LogP contribution in [-0.2, 0) is 9.47 Å². The Hall–Kier alpha value is -0.910. The van der Waals surface area contributed by atoms with E-state index in [1.165, 1.54) is 24.2 Å². The van der Waals surface area contributed by atoms with Crippen LogP contribution in [0.1, 0.15) is 41.8 Å². The smallest absolute Gasteiger partial charge is 0.263 e. The minimum Gasteiger partial charge on any atom is -0.380 e. The highest BCUT2D eigenvalue weighted by Gasteiger charge is 2.47. The second-order valence-corrected chi connectivity index (χ2v) is 8.22. The quantitative estimate of drug-likeness (QED) is 0.829. The van der Waals surface area contributed by atoms with Crippen molar-refractivity contribution in [3.05, 3.63) is 22.4 Å². The topological polar surface area (TPSA) is 38.8 Å². The first-order chi connectivity index (χ1) is 11.3. The standard InChI is InChI=1S/C18H25NO3S/c20-17(15-3-1-10-23-15)19-8-6-16-18(12-19,7-2-9-22-16)13-21-11-14-4-5-14/h1,3,10,14,16H,2,4-9,11-13H2/t16-,18-/m1/s1. The van der Waals surface area contributed by atoms with Crippen molar-refractivity contribution in [1.29, 1.82) is 0 Å². The van der Waals surface area contributed by atoms with E-state index in [0.717, 1.165) is 63.0 Å². The monoisotopic (exact) mass is 335 g/mol. The predicted molar refractivity (Wildman–Crippen MR) is 89.8 cm³/mol. The molecule has 5 heteroatoms. The SMILES string of the molecule is O=C(c1cccs1)N1CC[C@H]2OCCC[C@]2(COCC2CC2)C1. The summed E-state index contributed by atoms with van der Waals surface area (Å²) in [4.78, 5) is 15.6. The van der Waals surface area contributed by atoms with Crippen molar-refractivity contribution >= 4 is 17.2 Å². The Morgan fingerprint density at radius 1 is 1.43 bits per heavy atom. The Morgan fingerprint density at radius 2 is 2.35 bits per heavy atom. The lowest BCUT2D eigenvalue weighted by atomic mass is 9.73. The number of carbonyl (C=O) groups excluding carboxylic acids is 1. The van der Waals surface area contributed by atoms with Gasteiger partial charge in [-0.25, -0.2) is 0 Å². The number of nitrogens with zero attached hydrogens (tertiary/aromatic N) is 1. The van der Waals surface area contributed by atoms with Gasteiger partial charge in [0.25, 0.3) is 5.91 Å². The lowest BCUT2D eigenvalue weighted by Gasteiger charge is -2.50. The van der Waals surface area contributed by atoms with Gasteiger partial charge >= 0.3 is 0 Å². The summed E-state index contributed by atoms with van der Waals surface area (Å²) < 4.78 is 12.1. The van der Waals surface area contributed by atoms with E-state index in [4.69, 9.17) is 9.47 Å². The van der Waals surface area contributed by atoms with Crippen molar-refractivity contribution < 1.29 is 14.3 Å². The fraction of sp³-hybridized carbons (Fsp3) is 0.722. The molecular weight excluding hydrogens is 310 g/mol. The molecule has 0 radical (unpaired) electrons. The van der Waals surface area contributed by atoms with Crippen LogP contribution >= 0.6 is 11.3 Å². The first kappa shape index (κ1) is 15.6. The molecule has 1 amide bonds. The highest BCUT2D eigenvalue weighted by atomic mass is 32.1. The molecule has 1 saturated carbocycles. The lowest BCUT2D eigenvalue weighted by Crippen LogP contribution is -2.58. The molecule has 3 aliphatic rings. The molecule has 2 aliphatic heterocycles. The second kappa shape index (κ2) is 6.54. The maximum absolute atomic E-state index is 12.7. The molecule has 3 fully saturated rings. The molecule has 0 spiro atoms. The molecule has 3 heterocycles. The van der Waals surface area contributed by atoms with Crippen molar-refractivity contribution in [3.63, 3.8) is 0 Å². The van der Waals surface area contributed by atoms with E-state index in [9.17, 15) is 4.79 Å². The Balaban J connectivity index is 1.46. The minimum atomic E-state index is -0.00168. The van der Waals surface area contributed by atoms with Crippen LogP contribution in [0, 0.1) is 11.3 Å². The lowest BCUT2D eigenvalue weighted by molar-refractivity contribution is -0.147. The zero-order chi connectivity index (χ0) is 15.7. The van der Waals surface area contributed by atoms with Gasteiger partial charge in [-0.3, -0.25) is 4.79 Å². The van der Waals surface area contributed by atoms with E-state index in [2.05, 4.69) is 0 Å². The summed E-state index contributed by atoms with van der Waals surface area (Å²) >= 11 is 1.53. The average molecular weight is 335 g/mol. The van der Waals surface area contributed by atoms with Gasteiger partial charge in [-0.05, 0) is 49.5 Å². The van der Waals surface area contributed by atoms with Crippen molar-refractivity contribution in [1.82, 2.24) is 4.90 Å². The number of fused-ring (bicyclic) bond motifs is 1. The zero-order valence-corrected chi connectivity index (χ0v) is 14.4. The largest absolute Gasteiger partial charge is 0.380 e. The summed E-state index contributed by atoms with van der Waals surface area (Å²) in [5, 5.41) is 1.97. The molecule has 2 atom stereocenters. The zero-order valence-electron chi connectivity index (χ0n) is 13.5. The number of thiophene rings is 1. The van der Waals surface area contributed by atoms with Crippen molar-refractivity contribution in [2.45, 2.75) is 38.2 Å². The predicted octanol–water partition coefficient (Wildman–Crippen LogP) is 3.19. The third-order valence-electron chi connectivity index (χ3n) is 5.45. The molecule has 1 aliphatic carbocycles. The van der Waals surface area contributed by atoms with Gasteiger partial charge in [-0.15, -0.1) is 11.3 Å². The maximum Gasteiger partial charge on any atom is 0.263 e. The van der Waals surface area contributed by atoms with Crippen LogP contribution < -0.4 is 0 Å². The average Bonchev–Trinajstić information content (AvgIpc) is 3.24. The van der Waals surface area contributed by atoms with Crippen molar-refractivity contribution in [3.8, 4) is 0 Å². The van der Waals surface area contributed by atoms with Gasteiger partial charge in [0.05, 0.1) is 17.6 Å². The van der Waals surface area contributed by atoms with Gasteiger partial charge in [-0.1, -0.05) is 6.07 Å². The highest BCUT2D eigenvalue weighted by molar-refractivity contribution is 7.12. The normalized spacial score (nSPS) is 31.0. The van der Waals surface area contributed by atoms with Gasteiger partial charge in [-0.2, -0.15) is 0 Å². The summed E-state index contributed by atoms with van der Waals surface area (Å²) in [7, 11) is 0. The highest BCUT2D eigenvalue weighted by Crippen LogP contribution is 2.41. The number of rotatable bonds is 5. The molecule has 23 heavy (non-hydrogen) atoms. The molecule has 4 nitrogen and oxygen atoms in total. The van der Waals surface area contributed by atoms with Crippen LogP contribution in [0.15, 0.2) is 17.5 Å². The van der Waals surface area contributed by atoms with Crippen LogP contribution in [0.3, 0.4) is 0 Å². The summed E-state index contributed by atoms with van der Waals surface area (Å²) in [5.74, 6) is 0.951. The van der Waals surface area contributed by atoms with Gasteiger partial charge in [0.15, 0.2) is 0 Å². The second-order valence-electron chi connectivity index (χ2n) is 7.28. The third-order valence-corrected chi connectivity index (χ3v) is 6.31. The van der Waals surface area contributed by atoms with Gasteiger partial charge in [0.1, 0.15) is 0 Å². The number of amides is 1. The van der Waals surface area contributed by atoms with E-state index >= 15 is 0 Å². The molecule has 0 unspecified atom stereocenters. The Kier molecular flexibility index (Phi) is 4.43. The Morgan fingerprint density at radius 3 is 3.13 bits per heavy atom. The molecular formula is C18H25NO3S. The van der Waals surface area contributed by atoms with E-state index in [-0.39, 0.29) is 17.4 Å². The molecule has 1 aromatic heterocycles. The van der Waals surface area contributed by atoms with E-state index in [1.807, 2.05) is 22.4 Å². The van der Waals surface area contributed by atoms with Crippen molar-refractivity contribution in [2.75, 3.05) is 32.9 Å². The molecule has 0 bridgehead atoms. The first-order valence-corrected chi connectivity index (χ1v) is 9.67. The first-order valence-electron chi connectivity index (χ1n) is 8.79. The number of hydrogen-bond donors (Lipinski definition) is 0. The molecule has 0 N–H and O–H groups in total. The fourth-order valence-electron chi connectivity index (χ4n) is 3.94. The van der Waals surface area contributed by atoms with Gasteiger partial charge < -0.3 is 14.4 Å². The van der Waals surface area contributed by atoms with Crippen LogP contribution in [0.4, 0.5) is 0 Å². The van der Waals surface area contributed by atoms with E-state index < -0.39 is 0 Å².